The maximum absolute atomic E-state index is 12.9. The van der Waals surface area contributed by atoms with Crippen molar-refractivity contribution in [2.75, 3.05) is 5.73 Å². The smallest absolute Gasteiger partial charge is 0.397 e. The topological polar surface area (TPSA) is 78.5 Å². The molecular formula is C12H4Cl2F6N4S. The zero-order valence-electron chi connectivity index (χ0n) is 11.5. The van der Waals surface area contributed by atoms with Crippen LogP contribution in [0.2, 0.25) is 10.0 Å². The van der Waals surface area contributed by atoms with Crippen molar-refractivity contribution < 1.29 is 26.3 Å². The van der Waals surface area contributed by atoms with Crippen LogP contribution in [0.3, 0.4) is 0 Å². The van der Waals surface area contributed by atoms with Crippen molar-refractivity contribution in [1.29, 1.82) is 5.26 Å². The van der Waals surface area contributed by atoms with Gasteiger partial charge in [-0.1, -0.05) is 23.2 Å². The zero-order chi connectivity index (χ0) is 19.2. The van der Waals surface area contributed by atoms with Crippen LogP contribution in [-0.4, -0.2) is 15.7 Å². The summed E-state index contributed by atoms with van der Waals surface area (Å²) in [7, 11) is 0. The highest BCUT2D eigenvalue weighted by atomic mass is 35.5. The molecule has 2 rings (SSSR count). The van der Waals surface area contributed by atoms with E-state index in [1.54, 1.807) is 0 Å². The first kappa shape index (κ1) is 19.6. The highest BCUT2D eigenvalue weighted by Crippen LogP contribution is 2.49. The summed E-state index contributed by atoms with van der Waals surface area (Å²) >= 11 is 10.9. The summed E-state index contributed by atoms with van der Waals surface area (Å²) < 4.78 is 76.8. The van der Waals surface area contributed by atoms with Crippen LogP contribution >= 0.6 is 35.0 Å². The number of alkyl halides is 6. The normalized spacial score (nSPS) is 12.3. The van der Waals surface area contributed by atoms with Crippen LogP contribution in [0.15, 0.2) is 11.0 Å². The Morgan fingerprint density at radius 2 is 1.80 bits per heavy atom. The Balaban J connectivity index is 2.75. The van der Waals surface area contributed by atoms with Crippen molar-refractivity contribution in [1.82, 2.24) is 10.2 Å². The average molecular weight is 421 g/mol. The van der Waals surface area contributed by atoms with E-state index in [9.17, 15) is 26.3 Å². The molecule has 0 aliphatic rings. The van der Waals surface area contributed by atoms with Gasteiger partial charge in [0.1, 0.15) is 6.07 Å². The number of nitrogen functional groups attached to an aromatic ring is 1. The second kappa shape index (κ2) is 6.51. The van der Waals surface area contributed by atoms with Gasteiger partial charge in [0, 0.05) is 5.56 Å². The van der Waals surface area contributed by atoms with Gasteiger partial charge in [-0.05, 0) is 17.8 Å². The maximum Gasteiger partial charge on any atom is 0.446 e. The van der Waals surface area contributed by atoms with Gasteiger partial charge in [-0.3, -0.25) is 5.10 Å². The molecular weight excluding hydrogens is 417 g/mol. The van der Waals surface area contributed by atoms with E-state index in [0.717, 1.165) is 0 Å². The number of hydrogen-bond donors (Lipinski definition) is 2. The first-order chi connectivity index (χ1) is 11.4. The monoisotopic (exact) mass is 420 g/mol. The van der Waals surface area contributed by atoms with Crippen LogP contribution in [0.25, 0.3) is 11.3 Å². The summed E-state index contributed by atoms with van der Waals surface area (Å²) in [4.78, 5) is -0.682. The quantitative estimate of drug-likeness (QED) is 0.383. The Morgan fingerprint density at radius 1 is 1.20 bits per heavy atom. The van der Waals surface area contributed by atoms with Crippen molar-refractivity contribution in [2.24, 2.45) is 0 Å². The second-order valence-corrected chi connectivity index (χ2v) is 6.30. The molecule has 0 aliphatic heterocycles. The molecule has 3 N–H and O–H groups in total. The summed E-state index contributed by atoms with van der Waals surface area (Å²) in [6.45, 7) is 0. The second-order valence-electron chi connectivity index (χ2n) is 4.44. The first-order valence-corrected chi connectivity index (χ1v) is 7.53. The van der Waals surface area contributed by atoms with E-state index in [1.165, 1.54) is 6.07 Å². The number of nitrogens with zero attached hydrogens (tertiary/aromatic N) is 2. The summed E-state index contributed by atoms with van der Waals surface area (Å²) in [6, 6.07) is 1.87. The van der Waals surface area contributed by atoms with Crippen LogP contribution < -0.4 is 5.73 Å². The molecule has 1 heterocycles. The first-order valence-electron chi connectivity index (χ1n) is 5.96. The minimum atomic E-state index is -4.87. The molecule has 1 aromatic carbocycles. The van der Waals surface area contributed by atoms with E-state index in [4.69, 9.17) is 34.2 Å². The summed E-state index contributed by atoms with van der Waals surface area (Å²) in [5.41, 5.74) is -3.19. The van der Waals surface area contributed by atoms with Gasteiger partial charge in [0.25, 0.3) is 0 Å². The van der Waals surface area contributed by atoms with Crippen LogP contribution in [0.4, 0.5) is 32.0 Å². The van der Waals surface area contributed by atoms with E-state index in [1.807, 2.05) is 0 Å². The molecule has 0 fully saturated rings. The molecule has 0 spiro atoms. The number of nitrogens with one attached hydrogen (secondary N) is 1. The summed E-state index contributed by atoms with van der Waals surface area (Å²) in [5, 5.41) is 13.1. The number of hydrogen-bond acceptors (Lipinski definition) is 4. The lowest BCUT2D eigenvalue weighted by atomic mass is 10.1. The SMILES string of the molecule is N#Cc1n[nH]c(-c2c(Cl)cc(C(F)(F)F)c(N)c2Cl)c1SC(F)(F)F. The van der Waals surface area contributed by atoms with Gasteiger partial charge in [0.15, 0.2) is 5.69 Å². The van der Waals surface area contributed by atoms with Crippen LogP contribution in [0.5, 0.6) is 0 Å². The number of nitrogens with two attached hydrogens (primary N) is 1. The van der Waals surface area contributed by atoms with Gasteiger partial charge in [0.2, 0.25) is 0 Å². The molecule has 0 unspecified atom stereocenters. The van der Waals surface area contributed by atoms with E-state index < -0.39 is 66.6 Å². The fourth-order valence-corrected chi connectivity index (χ4v) is 3.20. The van der Waals surface area contributed by atoms with Gasteiger partial charge < -0.3 is 5.73 Å². The number of thioether (sulfide) groups is 1. The van der Waals surface area contributed by atoms with Gasteiger partial charge in [-0.2, -0.15) is 36.7 Å². The lowest BCUT2D eigenvalue weighted by molar-refractivity contribution is -0.136. The molecule has 0 saturated carbocycles. The predicted molar refractivity (Wildman–Crippen MR) is 80.1 cm³/mol. The maximum atomic E-state index is 12.9. The summed E-state index contributed by atoms with van der Waals surface area (Å²) in [6.07, 6.45) is -4.87. The molecule has 1 aromatic heterocycles. The Labute approximate surface area is 149 Å². The number of benzene rings is 1. The Kier molecular flexibility index (Phi) is 5.09. The molecule has 134 valence electrons. The van der Waals surface area contributed by atoms with Crippen molar-refractivity contribution in [2.45, 2.75) is 16.6 Å². The third-order valence-corrected chi connectivity index (χ3v) is 4.38. The molecule has 0 radical (unpaired) electrons. The lowest BCUT2D eigenvalue weighted by Gasteiger charge is -2.16. The predicted octanol–water partition coefficient (Wildman–Crippen LogP) is 5.47. The Morgan fingerprint density at radius 3 is 2.28 bits per heavy atom. The number of H-pyrrole nitrogens is 1. The highest BCUT2D eigenvalue weighted by Gasteiger charge is 2.38. The zero-order valence-corrected chi connectivity index (χ0v) is 13.8. The molecule has 0 atom stereocenters. The molecule has 13 heteroatoms. The van der Waals surface area contributed by atoms with Gasteiger partial charge in [-0.25, -0.2) is 0 Å². The molecule has 0 saturated heterocycles. The highest BCUT2D eigenvalue weighted by molar-refractivity contribution is 8.00. The van der Waals surface area contributed by atoms with E-state index >= 15 is 0 Å². The average Bonchev–Trinajstić information content (AvgIpc) is 2.82. The van der Waals surface area contributed by atoms with E-state index in [-0.39, 0.29) is 0 Å². The fourth-order valence-electron chi connectivity index (χ4n) is 1.89. The third-order valence-electron chi connectivity index (χ3n) is 2.86. The number of rotatable bonds is 2. The van der Waals surface area contributed by atoms with Gasteiger partial charge in [-0.15, -0.1) is 0 Å². The Hall–Kier alpha value is -1.77. The van der Waals surface area contributed by atoms with Gasteiger partial charge >= 0.3 is 11.7 Å². The van der Waals surface area contributed by atoms with Crippen LogP contribution in [0, 0.1) is 11.3 Å². The number of anilines is 1. The largest absolute Gasteiger partial charge is 0.446 e. The standard InChI is InChI=1S/C12H4Cl2F6N4S/c13-4-1-3(11(15,16)17)8(22)7(14)6(4)9-10(25-12(18,19)20)5(2-21)23-24-9/h1H,22H2,(H,23,24). The molecule has 4 nitrogen and oxygen atoms in total. The number of aromatic nitrogens is 2. The minimum Gasteiger partial charge on any atom is -0.397 e. The van der Waals surface area contributed by atoms with E-state index in [0.29, 0.717) is 6.07 Å². The van der Waals surface area contributed by atoms with E-state index in [2.05, 4.69) is 10.2 Å². The van der Waals surface area contributed by atoms with Crippen molar-refractivity contribution in [3.63, 3.8) is 0 Å². The number of nitriles is 1. The molecule has 0 aliphatic carbocycles. The Bertz CT molecular complexity index is 868. The molecule has 2 aromatic rings. The molecule has 0 bridgehead atoms. The van der Waals surface area contributed by atoms with Crippen LogP contribution in [-0.2, 0) is 6.18 Å². The van der Waals surface area contributed by atoms with Crippen molar-refractivity contribution in [3.05, 3.63) is 27.4 Å². The van der Waals surface area contributed by atoms with Crippen molar-refractivity contribution >= 4 is 40.7 Å². The lowest BCUT2D eigenvalue weighted by Crippen LogP contribution is -2.10. The molecule has 25 heavy (non-hydrogen) atoms. The van der Waals surface area contributed by atoms with Crippen LogP contribution in [0.1, 0.15) is 11.3 Å². The minimum absolute atomic E-state index is 0.422. The number of aromatic amines is 1. The fraction of sp³-hybridized carbons (Fsp3) is 0.167. The summed E-state index contributed by atoms with van der Waals surface area (Å²) in [5.74, 6) is 0. The number of halogens is 8. The molecule has 0 amide bonds. The third kappa shape index (κ3) is 3.91. The van der Waals surface area contributed by atoms with Crippen molar-refractivity contribution in [3.8, 4) is 17.3 Å². The van der Waals surface area contributed by atoms with Gasteiger partial charge in [0.05, 0.1) is 31.9 Å².